The van der Waals surface area contributed by atoms with Gasteiger partial charge in [-0.15, -0.1) is 0 Å². The molecule has 1 unspecified atom stereocenters. The molecule has 0 heterocycles. The molecule has 0 radical (unpaired) electrons. The van der Waals surface area contributed by atoms with Gasteiger partial charge in [-0.25, -0.2) is 0 Å². The van der Waals surface area contributed by atoms with E-state index in [4.69, 9.17) is 0 Å². The molecular weight excluding hydrogens is 277 g/mol. The maximum atomic E-state index is 10.5. The molecule has 0 saturated heterocycles. The second-order valence-electron chi connectivity index (χ2n) is 2.84. The van der Waals surface area contributed by atoms with E-state index in [1.54, 1.807) is 21.6 Å². The summed E-state index contributed by atoms with van der Waals surface area (Å²) < 4.78 is 20.4. The Morgan fingerprint density at radius 3 is 2.50 bits per heavy atom. The van der Waals surface area contributed by atoms with Gasteiger partial charge >= 0.3 is 29.6 Å². The quantitative estimate of drug-likeness (QED) is 0.234. The van der Waals surface area contributed by atoms with Crippen LogP contribution in [0.1, 0.15) is 19.8 Å². The van der Waals surface area contributed by atoms with E-state index >= 15 is 0 Å². The normalized spacial score (nSPS) is 11.6. The number of nitrogens with one attached hydrogen (secondary N) is 1. The van der Waals surface area contributed by atoms with Crippen LogP contribution in [0.4, 0.5) is 0 Å². The smallest absolute Gasteiger partial charge is 0.772 e. The Balaban J connectivity index is 0. The fourth-order valence-electron chi connectivity index (χ4n) is 0.767. The zero-order chi connectivity index (χ0) is 11.5. The molecule has 0 aromatic heterocycles. The van der Waals surface area contributed by atoms with Gasteiger partial charge in [0.2, 0.25) is 5.91 Å². The van der Waals surface area contributed by atoms with Crippen molar-refractivity contribution in [1.82, 2.24) is 5.32 Å². The topological polar surface area (TPSA) is 69.2 Å². The number of carbonyl (C=O) groups excluding carboxylic acids is 1. The monoisotopic (exact) mass is 293 g/mol. The molecule has 4 nitrogen and oxygen atoms in total. The summed E-state index contributed by atoms with van der Waals surface area (Å²) in [5.74, 6) is 2.11. The molecule has 0 aliphatic rings. The van der Waals surface area contributed by atoms with Crippen molar-refractivity contribution in [3.8, 4) is 0 Å². The predicted octanol–water partition coefficient (Wildman–Crippen LogP) is -1.83. The largest absolute Gasteiger partial charge is 1.00 e. The molecule has 0 aliphatic heterocycles. The van der Waals surface area contributed by atoms with Crippen molar-refractivity contribution in [3.63, 3.8) is 0 Å². The van der Waals surface area contributed by atoms with Gasteiger partial charge in [0.1, 0.15) is 0 Å². The van der Waals surface area contributed by atoms with Crippen LogP contribution in [-0.2, 0) is 15.9 Å². The average Bonchev–Trinajstić information content (AvgIpc) is 2.14. The Labute approximate surface area is 129 Å². The van der Waals surface area contributed by atoms with E-state index < -0.39 is 11.1 Å². The van der Waals surface area contributed by atoms with Crippen LogP contribution in [-0.4, -0.2) is 38.5 Å². The van der Waals surface area contributed by atoms with Crippen molar-refractivity contribution in [2.45, 2.75) is 19.8 Å². The predicted molar refractivity (Wildman–Crippen MR) is 66.6 cm³/mol. The van der Waals surface area contributed by atoms with Gasteiger partial charge < -0.3 is 9.87 Å². The zero-order valence-electron chi connectivity index (χ0n) is 9.69. The molecule has 0 aromatic carbocycles. The van der Waals surface area contributed by atoms with Crippen molar-refractivity contribution < 1.29 is 43.1 Å². The number of carbonyl (C=O) groups is 1. The first kappa shape index (κ1) is 19.6. The molecule has 0 aromatic rings. The van der Waals surface area contributed by atoms with Gasteiger partial charge in [-0.3, -0.25) is 9.00 Å². The van der Waals surface area contributed by atoms with E-state index in [2.05, 4.69) is 5.32 Å². The van der Waals surface area contributed by atoms with Crippen molar-refractivity contribution >= 4 is 38.6 Å². The van der Waals surface area contributed by atoms with Crippen LogP contribution in [0.2, 0.25) is 0 Å². The summed E-state index contributed by atoms with van der Waals surface area (Å²) in [5.41, 5.74) is 0. The van der Waals surface area contributed by atoms with Gasteiger partial charge in [0.25, 0.3) is 0 Å². The molecule has 1 atom stereocenters. The van der Waals surface area contributed by atoms with E-state index in [0.717, 1.165) is 24.3 Å². The van der Waals surface area contributed by atoms with Crippen LogP contribution in [0.5, 0.6) is 0 Å². The van der Waals surface area contributed by atoms with Crippen LogP contribution in [0, 0.1) is 0 Å². The van der Waals surface area contributed by atoms with Gasteiger partial charge in [0.05, 0.1) is 0 Å². The maximum absolute atomic E-state index is 10.5. The minimum absolute atomic E-state index is 0. The van der Waals surface area contributed by atoms with E-state index in [9.17, 15) is 13.6 Å². The Bertz CT molecular complexity index is 187. The fraction of sp³-hybridized carbons (Fsp3) is 0.875. The van der Waals surface area contributed by atoms with Crippen molar-refractivity contribution in [3.05, 3.63) is 0 Å². The van der Waals surface area contributed by atoms with Gasteiger partial charge in [-0.2, -0.15) is 0 Å². The Morgan fingerprint density at radius 1 is 1.31 bits per heavy atom. The summed E-state index contributed by atoms with van der Waals surface area (Å²) in [6.07, 6.45) is 1.65. The summed E-state index contributed by atoms with van der Waals surface area (Å²) in [5, 5.41) is 2.71. The summed E-state index contributed by atoms with van der Waals surface area (Å²) >= 11 is -1.89. The zero-order valence-corrected chi connectivity index (χ0v) is 14.1. The summed E-state index contributed by atoms with van der Waals surface area (Å²) in [7, 11) is 3.42. The standard InChI is InChI=1S/C8H17NO3S3.Na/c1-8(10)9-4-6-14-13-5-2-3-7-15(11)12;/h2-7H2,1H3,(H,9,10)(H,11,12);/q;+1/p-1. The molecule has 90 valence electrons. The van der Waals surface area contributed by atoms with Crippen LogP contribution < -0.4 is 34.9 Å². The first-order valence-corrected chi connectivity index (χ1v) is 8.41. The number of hydrogen-bond acceptors (Lipinski definition) is 5. The van der Waals surface area contributed by atoms with Crippen LogP contribution in [0.3, 0.4) is 0 Å². The molecule has 0 saturated carbocycles. The second kappa shape index (κ2) is 14.3. The molecular formula is C8H16NNaO3S3. The maximum Gasteiger partial charge on any atom is 1.00 e. The Kier molecular flexibility index (Phi) is 17.6. The molecule has 0 bridgehead atoms. The third-order valence-electron chi connectivity index (χ3n) is 1.43. The number of hydrogen-bond donors (Lipinski definition) is 1. The molecule has 8 heteroatoms. The SMILES string of the molecule is CC(=O)NCCSSCCCCS(=O)[O-].[Na+]. The molecule has 0 fully saturated rings. The summed E-state index contributed by atoms with van der Waals surface area (Å²) in [6, 6.07) is 0. The Morgan fingerprint density at radius 2 is 1.94 bits per heavy atom. The first-order valence-electron chi connectivity index (χ1n) is 4.67. The van der Waals surface area contributed by atoms with Gasteiger partial charge in [0, 0.05) is 30.7 Å². The molecule has 1 N–H and O–H groups in total. The molecule has 0 spiro atoms. The van der Waals surface area contributed by atoms with E-state index in [1.165, 1.54) is 6.92 Å². The van der Waals surface area contributed by atoms with E-state index in [0.29, 0.717) is 6.54 Å². The third kappa shape index (κ3) is 17.7. The van der Waals surface area contributed by atoms with Gasteiger partial charge in [-0.1, -0.05) is 32.7 Å². The minimum Gasteiger partial charge on any atom is -0.772 e. The van der Waals surface area contributed by atoms with Gasteiger partial charge in [0.15, 0.2) is 0 Å². The molecule has 1 amide bonds. The Hall–Kier alpha value is 1.28. The first-order chi connectivity index (χ1) is 7.13. The number of amides is 1. The molecule has 0 aliphatic carbocycles. The second-order valence-corrected chi connectivity index (χ2v) is 6.56. The number of unbranched alkanes of at least 4 members (excludes halogenated alkanes) is 1. The third-order valence-corrected chi connectivity index (χ3v) is 4.55. The number of rotatable bonds is 9. The molecule has 0 rings (SSSR count). The summed E-state index contributed by atoms with van der Waals surface area (Å²) in [4.78, 5) is 10.5. The van der Waals surface area contributed by atoms with E-state index in [-0.39, 0.29) is 41.2 Å². The fourth-order valence-corrected chi connectivity index (χ4v) is 3.26. The molecule has 16 heavy (non-hydrogen) atoms. The van der Waals surface area contributed by atoms with Crippen molar-refractivity contribution in [2.75, 3.05) is 23.8 Å². The van der Waals surface area contributed by atoms with Crippen LogP contribution in [0.25, 0.3) is 0 Å². The van der Waals surface area contributed by atoms with Crippen LogP contribution in [0.15, 0.2) is 0 Å². The minimum atomic E-state index is -1.89. The van der Waals surface area contributed by atoms with Gasteiger partial charge in [-0.05, 0) is 12.8 Å². The average molecular weight is 293 g/mol. The van der Waals surface area contributed by atoms with Crippen molar-refractivity contribution in [1.29, 1.82) is 0 Å². The summed E-state index contributed by atoms with van der Waals surface area (Å²) in [6.45, 7) is 2.19. The van der Waals surface area contributed by atoms with E-state index in [1.807, 2.05) is 0 Å². The van der Waals surface area contributed by atoms with Crippen molar-refractivity contribution in [2.24, 2.45) is 0 Å². The van der Waals surface area contributed by atoms with Crippen LogP contribution >= 0.6 is 21.6 Å².